The molecule has 0 aliphatic carbocycles. The molecule has 11 heteroatoms. The van der Waals surface area contributed by atoms with Gasteiger partial charge in [-0.2, -0.15) is 9.61 Å². The van der Waals surface area contributed by atoms with Crippen molar-refractivity contribution in [1.29, 1.82) is 0 Å². The smallest absolute Gasteiger partial charge is 0.263 e. The monoisotopic (exact) mass is 451 g/mol. The maximum Gasteiger partial charge on any atom is 0.263 e. The summed E-state index contributed by atoms with van der Waals surface area (Å²) in [5.74, 6) is -0.486. The van der Waals surface area contributed by atoms with Crippen LogP contribution < -0.4 is 10.5 Å². The van der Waals surface area contributed by atoms with Crippen LogP contribution in [0.1, 0.15) is 0 Å². The number of hydrogen-bond acceptors (Lipinski definition) is 5. The van der Waals surface area contributed by atoms with Crippen molar-refractivity contribution in [2.24, 2.45) is 0 Å². The van der Waals surface area contributed by atoms with Gasteiger partial charge in [0, 0.05) is 23.4 Å². The van der Waals surface area contributed by atoms with Crippen LogP contribution in [0.3, 0.4) is 0 Å². The maximum atomic E-state index is 14.8. The quantitative estimate of drug-likeness (QED) is 0.483. The molecular formula is C18H12Cl2FN5O2S. The van der Waals surface area contributed by atoms with Gasteiger partial charge in [0.1, 0.15) is 16.5 Å². The van der Waals surface area contributed by atoms with Crippen LogP contribution in [0.2, 0.25) is 10.0 Å². The molecule has 0 unspecified atom stereocenters. The highest BCUT2D eigenvalue weighted by Gasteiger charge is 2.21. The van der Waals surface area contributed by atoms with E-state index < -0.39 is 15.8 Å². The van der Waals surface area contributed by atoms with Crippen LogP contribution in [-0.2, 0) is 10.0 Å². The van der Waals surface area contributed by atoms with E-state index >= 15 is 0 Å². The minimum absolute atomic E-state index is 0.00832. The topological polar surface area (TPSA) is 102 Å². The van der Waals surface area contributed by atoms with E-state index in [0.717, 1.165) is 6.07 Å². The minimum Gasteiger partial charge on any atom is -0.383 e. The van der Waals surface area contributed by atoms with Gasteiger partial charge in [-0.3, -0.25) is 4.72 Å². The van der Waals surface area contributed by atoms with E-state index in [4.69, 9.17) is 28.9 Å². The Balaban J connectivity index is 1.70. The van der Waals surface area contributed by atoms with E-state index in [0.29, 0.717) is 11.2 Å². The van der Waals surface area contributed by atoms with Crippen LogP contribution in [0.5, 0.6) is 0 Å². The van der Waals surface area contributed by atoms with Crippen molar-refractivity contribution in [3.05, 3.63) is 70.7 Å². The fraction of sp³-hybridized carbons (Fsp3) is 0. The van der Waals surface area contributed by atoms with E-state index in [1.165, 1.54) is 47.2 Å². The Morgan fingerprint density at radius 2 is 1.90 bits per heavy atom. The predicted molar refractivity (Wildman–Crippen MR) is 110 cm³/mol. The first kappa shape index (κ1) is 19.4. The lowest BCUT2D eigenvalue weighted by Gasteiger charge is -2.12. The summed E-state index contributed by atoms with van der Waals surface area (Å²) in [5.41, 5.74) is 7.07. The van der Waals surface area contributed by atoms with Gasteiger partial charge < -0.3 is 5.73 Å². The van der Waals surface area contributed by atoms with Crippen LogP contribution in [-0.4, -0.2) is 23.0 Å². The average Bonchev–Trinajstić information content (AvgIpc) is 3.14. The zero-order valence-corrected chi connectivity index (χ0v) is 16.8. The van der Waals surface area contributed by atoms with Gasteiger partial charge in [0.05, 0.1) is 21.9 Å². The van der Waals surface area contributed by atoms with Crippen molar-refractivity contribution in [3.63, 3.8) is 0 Å². The van der Waals surface area contributed by atoms with Crippen molar-refractivity contribution in [1.82, 2.24) is 14.6 Å². The number of hydrogen-bond donors (Lipinski definition) is 2. The predicted octanol–water partition coefficient (Wildman–Crippen LogP) is 4.23. The third kappa shape index (κ3) is 3.48. The zero-order valence-electron chi connectivity index (χ0n) is 14.5. The second-order valence-corrected chi connectivity index (χ2v) is 8.45. The van der Waals surface area contributed by atoms with E-state index in [2.05, 4.69) is 14.8 Å². The Morgan fingerprint density at radius 3 is 2.66 bits per heavy atom. The molecule has 4 aromatic rings. The van der Waals surface area contributed by atoms with Gasteiger partial charge >= 0.3 is 0 Å². The van der Waals surface area contributed by atoms with Gasteiger partial charge in [-0.05, 0) is 30.3 Å². The molecule has 7 nitrogen and oxygen atoms in total. The lowest BCUT2D eigenvalue weighted by molar-refractivity contribution is 0.601. The summed E-state index contributed by atoms with van der Waals surface area (Å²) in [6.07, 6.45) is 2.96. The molecule has 0 bridgehead atoms. The lowest BCUT2D eigenvalue weighted by Crippen LogP contribution is -2.13. The first-order chi connectivity index (χ1) is 13.8. The SMILES string of the molecule is Nc1c(-c2ccc(NS(=O)(=O)c3cccc(Cl)c3Cl)cc2F)cnc2ccnn12. The van der Waals surface area contributed by atoms with E-state index in [1.54, 1.807) is 6.07 Å². The van der Waals surface area contributed by atoms with Crippen LogP contribution >= 0.6 is 23.2 Å². The third-order valence-electron chi connectivity index (χ3n) is 4.17. The minimum atomic E-state index is -4.07. The zero-order chi connectivity index (χ0) is 20.8. The summed E-state index contributed by atoms with van der Waals surface area (Å²) >= 11 is 11.9. The highest BCUT2D eigenvalue weighted by atomic mass is 35.5. The van der Waals surface area contributed by atoms with E-state index in [1.807, 2.05) is 0 Å². The molecule has 0 atom stereocenters. The number of nitrogens with two attached hydrogens (primary N) is 1. The summed E-state index contributed by atoms with van der Waals surface area (Å²) in [6, 6.07) is 9.72. The summed E-state index contributed by atoms with van der Waals surface area (Å²) in [5, 5.41) is 4.01. The number of sulfonamides is 1. The van der Waals surface area contributed by atoms with Crippen molar-refractivity contribution in [3.8, 4) is 11.1 Å². The van der Waals surface area contributed by atoms with Crippen LogP contribution in [0.15, 0.2) is 59.8 Å². The maximum absolute atomic E-state index is 14.8. The lowest BCUT2D eigenvalue weighted by atomic mass is 10.1. The molecule has 2 aromatic carbocycles. The summed E-state index contributed by atoms with van der Waals surface area (Å²) in [6.45, 7) is 0. The van der Waals surface area contributed by atoms with Crippen molar-refractivity contribution >= 4 is 50.4 Å². The molecule has 0 aliphatic rings. The van der Waals surface area contributed by atoms with Crippen molar-refractivity contribution < 1.29 is 12.8 Å². The number of rotatable bonds is 4. The third-order valence-corrected chi connectivity index (χ3v) is 6.52. The Hall–Kier alpha value is -2.88. The van der Waals surface area contributed by atoms with Gasteiger partial charge in [-0.25, -0.2) is 17.8 Å². The van der Waals surface area contributed by atoms with Crippen LogP contribution in [0.25, 0.3) is 16.8 Å². The fourth-order valence-corrected chi connectivity index (χ4v) is 4.61. The number of benzene rings is 2. The summed E-state index contributed by atoms with van der Waals surface area (Å²) in [7, 11) is -4.07. The Labute approximate surface area is 174 Å². The van der Waals surface area contributed by atoms with Gasteiger partial charge in [-0.15, -0.1) is 0 Å². The molecule has 0 saturated heterocycles. The standard InChI is InChI=1S/C18H12Cl2FN5O2S/c19-13-2-1-3-15(17(13)20)29(27,28)25-10-4-5-11(14(21)8-10)12-9-23-16-6-7-24-26(16)18(12)22/h1-9,25H,22H2. The number of nitrogens with one attached hydrogen (secondary N) is 1. The number of nitrogen functional groups attached to an aromatic ring is 1. The number of fused-ring (bicyclic) bond motifs is 1. The first-order valence-electron chi connectivity index (χ1n) is 8.13. The molecule has 2 heterocycles. The fourth-order valence-electron chi connectivity index (χ4n) is 2.80. The molecule has 0 amide bonds. The number of nitrogens with zero attached hydrogens (tertiary/aromatic N) is 3. The Morgan fingerprint density at radius 1 is 1.10 bits per heavy atom. The largest absolute Gasteiger partial charge is 0.383 e. The molecule has 0 radical (unpaired) electrons. The average molecular weight is 452 g/mol. The van der Waals surface area contributed by atoms with Crippen molar-refractivity contribution in [2.75, 3.05) is 10.5 Å². The Kier molecular flexibility index (Phi) is 4.81. The van der Waals surface area contributed by atoms with Gasteiger partial charge in [0.2, 0.25) is 0 Å². The second kappa shape index (κ2) is 7.18. The van der Waals surface area contributed by atoms with Gasteiger partial charge in [0.25, 0.3) is 10.0 Å². The normalized spacial score (nSPS) is 11.7. The second-order valence-electron chi connectivity index (χ2n) is 6.01. The summed E-state index contributed by atoms with van der Waals surface area (Å²) < 4.78 is 43.6. The number of anilines is 2. The van der Waals surface area contributed by atoms with Crippen LogP contribution in [0.4, 0.5) is 15.9 Å². The van der Waals surface area contributed by atoms with Gasteiger partial charge in [0.15, 0.2) is 5.65 Å². The highest BCUT2D eigenvalue weighted by molar-refractivity contribution is 7.92. The van der Waals surface area contributed by atoms with Gasteiger partial charge in [-0.1, -0.05) is 29.3 Å². The van der Waals surface area contributed by atoms with Crippen molar-refractivity contribution in [2.45, 2.75) is 4.90 Å². The van der Waals surface area contributed by atoms with E-state index in [-0.39, 0.29) is 32.0 Å². The first-order valence-corrected chi connectivity index (χ1v) is 10.4. The number of halogens is 3. The molecule has 0 fully saturated rings. The molecular weight excluding hydrogens is 440 g/mol. The molecule has 3 N–H and O–H groups in total. The highest BCUT2D eigenvalue weighted by Crippen LogP contribution is 2.32. The number of aromatic nitrogens is 3. The molecule has 4 rings (SSSR count). The molecule has 0 spiro atoms. The molecule has 0 saturated carbocycles. The van der Waals surface area contributed by atoms with Crippen LogP contribution in [0, 0.1) is 5.82 Å². The Bertz CT molecular complexity index is 1360. The molecule has 148 valence electrons. The molecule has 29 heavy (non-hydrogen) atoms. The summed E-state index contributed by atoms with van der Waals surface area (Å²) in [4.78, 5) is 3.96. The molecule has 0 aliphatic heterocycles. The van der Waals surface area contributed by atoms with E-state index in [9.17, 15) is 12.8 Å². The molecule has 2 aromatic heterocycles.